The van der Waals surface area contributed by atoms with Gasteiger partial charge in [0.05, 0.1) is 0 Å². The third-order valence-electron chi connectivity index (χ3n) is 0. The largest absolute Gasteiger partial charge is 2.00 e. The van der Waals surface area contributed by atoms with E-state index in [0.717, 1.165) is 0 Å². The fraction of sp³-hybridized carbons (Fsp3) is 0. The van der Waals surface area contributed by atoms with Gasteiger partial charge in [-0.25, -0.2) is 0 Å². The van der Waals surface area contributed by atoms with E-state index in [2.05, 4.69) is 122 Å². The molecule has 0 aliphatic carbocycles. The fourth-order valence-corrected chi connectivity index (χ4v) is 0. The fourth-order valence-electron chi connectivity index (χ4n) is 0. The Morgan fingerprint density at radius 2 is 0.556 bits per heavy atom. The molecule has 0 heterocycles. The van der Waals surface area contributed by atoms with Gasteiger partial charge in [0.15, 0.2) is 0 Å². The van der Waals surface area contributed by atoms with Gasteiger partial charge in [-0.2, -0.15) is 0 Å². The number of thiocarbonyl (C=S) groups is 4. The zero-order chi connectivity index (χ0) is 14.3. The van der Waals surface area contributed by atoms with E-state index >= 15 is 0 Å². The normalized spacial score (nSPS) is 5.33. The maximum Gasteiger partial charge on any atom is 2.00 e. The van der Waals surface area contributed by atoms with Gasteiger partial charge in [0, 0.05) is 0 Å². The molecule has 0 spiro atoms. The topological polar surface area (TPSA) is 104 Å². The summed E-state index contributed by atoms with van der Waals surface area (Å²) in [6.07, 6.45) is 0. The molecule has 0 amide bonds. The van der Waals surface area contributed by atoms with Crippen LogP contribution in [0.15, 0.2) is 0 Å². The van der Waals surface area contributed by atoms with Gasteiger partial charge in [-0.05, 0) is 0 Å². The van der Waals surface area contributed by atoms with Crippen LogP contribution in [0.1, 0.15) is 0 Å². The molecular weight excluding hydrogens is 490 g/mol. The van der Waals surface area contributed by atoms with Gasteiger partial charge in [0.1, 0.15) is 0 Å². The van der Waals surface area contributed by atoms with Crippen molar-refractivity contribution >= 4 is 117 Å². The molecule has 4 nitrogen and oxygen atoms in total. The van der Waals surface area contributed by atoms with Crippen molar-refractivity contribution < 1.29 is 36.5 Å². The molecule has 8 N–H and O–H groups in total. The van der Waals surface area contributed by atoms with Crippen LogP contribution < -0.4 is 22.9 Å². The van der Waals surface area contributed by atoms with E-state index < -0.39 is 0 Å². The molecule has 0 bridgehead atoms. The van der Waals surface area contributed by atoms with Gasteiger partial charge in [-0.15, -0.1) is 0 Å². The Morgan fingerprint density at radius 3 is 0.556 bits per heavy atom. The zero-order valence-corrected chi connectivity index (χ0v) is 19.0. The summed E-state index contributed by atoms with van der Waals surface area (Å²) in [4.78, 5) is 0. The van der Waals surface area contributed by atoms with Crippen LogP contribution >= 0.6 is 48.9 Å². The Balaban J connectivity index is -0.0000000257. The predicted octanol–water partition coefficient (Wildman–Crippen LogP) is -0.897. The first-order valence-electron chi connectivity index (χ1n) is 2.79. The molecule has 0 aromatic heterocycles. The molecule has 14 heteroatoms. The van der Waals surface area contributed by atoms with Crippen molar-refractivity contribution in [3.8, 4) is 0 Å². The molecule has 0 atom stereocenters. The van der Waals surface area contributed by atoms with Gasteiger partial charge in [-0.3, -0.25) is 0 Å². The second-order valence-electron chi connectivity index (χ2n) is 1.28. The Kier molecular flexibility index (Phi) is 63.4. The Labute approximate surface area is 174 Å². The standard InChI is InChI=1S/4CH3NS2.Cu.Zn/c4*2-1(3)4;;/h4*(H3,2,3,4);;/q;;;;2*+2/p-4. The minimum absolute atomic E-state index is 0. The van der Waals surface area contributed by atoms with Crippen molar-refractivity contribution in [1.82, 2.24) is 0 Å². The van der Waals surface area contributed by atoms with Gasteiger partial charge in [-0.1, -0.05) is 17.3 Å². The molecule has 0 aromatic rings. The van der Waals surface area contributed by atoms with Gasteiger partial charge >= 0.3 is 36.5 Å². The summed E-state index contributed by atoms with van der Waals surface area (Å²) in [6.45, 7) is 0. The molecule has 0 saturated heterocycles. The Hall–Kier alpha value is 1.58. The average molecular weight is 498 g/mol. The molecule has 105 valence electrons. The minimum Gasteiger partial charge on any atom is -0.415 e. The van der Waals surface area contributed by atoms with E-state index in [1.165, 1.54) is 0 Å². The molecule has 0 fully saturated rings. The summed E-state index contributed by atoms with van der Waals surface area (Å²) in [5.41, 5.74) is 18.6. The molecule has 0 aliphatic rings. The number of rotatable bonds is 0. The van der Waals surface area contributed by atoms with Crippen molar-refractivity contribution in [3.63, 3.8) is 0 Å². The van der Waals surface area contributed by atoms with Crippen LogP contribution in [0.2, 0.25) is 0 Å². The van der Waals surface area contributed by atoms with Crippen LogP contribution in [0.25, 0.3) is 0 Å². The average Bonchev–Trinajstić information content (AvgIpc) is 1.76. The maximum absolute atomic E-state index is 4.66. The van der Waals surface area contributed by atoms with Crippen molar-refractivity contribution in [2.45, 2.75) is 0 Å². The summed E-state index contributed by atoms with van der Waals surface area (Å²) >= 11 is 33.0. The van der Waals surface area contributed by atoms with Crippen LogP contribution in [0.3, 0.4) is 0 Å². The van der Waals surface area contributed by atoms with Crippen LogP contribution in [0, 0.1) is 0 Å². The molecule has 1 radical (unpaired) electrons. The van der Waals surface area contributed by atoms with Crippen LogP contribution in [0.5, 0.6) is 0 Å². The van der Waals surface area contributed by atoms with E-state index in [0.29, 0.717) is 0 Å². The molecule has 0 unspecified atom stereocenters. The summed E-state index contributed by atoms with van der Waals surface area (Å²) in [5.74, 6) is 0. The van der Waals surface area contributed by atoms with Gasteiger partial charge < -0.3 is 122 Å². The predicted molar refractivity (Wildman–Crippen MR) is 96.6 cm³/mol. The molecule has 0 rings (SSSR count). The molecule has 0 aromatic carbocycles. The maximum atomic E-state index is 4.66. The van der Waals surface area contributed by atoms with Crippen LogP contribution in [-0.4, -0.2) is 17.3 Å². The third kappa shape index (κ3) is 1930. The van der Waals surface area contributed by atoms with Crippen molar-refractivity contribution in [3.05, 3.63) is 0 Å². The monoisotopic (exact) mass is 495 g/mol. The summed E-state index contributed by atoms with van der Waals surface area (Å²) in [7, 11) is 0. The quantitative estimate of drug-likeness (QED) is 0.190. The minimum atomic E-state index is 0. The summed E-state index contributed by atoms with van der Waals surface area (Å²) in [5, 5.41) is 0. The molecule has 0 saturated carbocycles. The smallest absolute Gasteiger partial charge is 0.415 e. The Bertz CT molecular complexity index is 175. The van der Waals surface area contributed by atoms with Crippen molar-refractivity contribution in [2.75, 3.05) is 0 Å². The van der Waals surface area contributed by atoms with Gasteiger partial charge in [0.25, 0.3) is 0 Å². The van der Waals surface area contributed by atoms with Gasteiger partial charge in [0.2, 0.25) is 0 Å². The zero-order valence-electron chi connectivity index (χ0n) is 8.58. The van der Waals surface area contributed by atoms with Crippen LogP contribution in [0.4, 0.5) is 0 Å². The van der Waals surface area contributed by atoms with E-state index in [9.17, 15) is 0 Å². The first-order chi connectivity index (χ1) is 6.93. The van der Waals surface area contributed by atoms with E-state index in [-0.39, 0.29) is 53.8 Å². The number of nitrogens with two attached hydrogens (primary N) is 4. The summed E-state index contributed by atoms with van der Waals surface area (Å²) < 4.78 is 0.333. The molecule has 0 aliphatic heterocycles. The first-order valence-corrected chi connectivity index (χ1v) is 6.05. The number of hydrogen-bond acceptors (Lipinski definition) is 8. The van der Waals surface area contributed by atoms with E-state index in [1.54, 1.807) is 0 Å². The summed E-state index contributed by atoms with van der Waals surface area (Å²) in [6, 6.07) is 0. The van der Waals surface area contributed by atoms with Crippen molar-refractivity contribution in [1.29, 1.82) is 0 Å². The molecular formula is C4H8CuN4S8Zn. The molecule has 18 heavy (non-hydrogen) atoms. The van der Waals surface area contributed by atoms with Crippen molar-refractivity contribution in [2.24, 2.45) is 22.9 Å². The second kappa shape index (κ2) is 31.1. The van der Waals surface area contributed by atoms with E-state index in [1.807, 2.05) is 0 Å². The first kappa shape index (κ1) is 36.7. The Morgan fingerprint density at radius 1 is 0.556 bits per heavy atom. The van der Waals surface area contributed by atoms with E-state index in [4.69, 9.17) is 0 Å². The SMILES string of the molecule is NC(=S)[S-].NC(=S)[S-].NC(=S)[S-].NC(=S)[S-].[Cu+2].[Zn+2]. The third-order valence-corrected chi connectivity index (χ3v) is 0. The van der Waals surface area contributed by atoms with Crippen LogP contribution in [-0.2, 0) is 87.1 Å². The number of hydrogen-bond donors (Lipinski definition) is 4. The second-order valence-corrected chi connectivity index (χ2v) is 5.83.